The number of carbonyl (C=O) groups is 1. The van der Waals surface area contributed by atoms with E-state index >= 15 is 0 Å². The van der Waals surface area contributed by atoms with Crippen molar-refractivity contribution < 1.29 is 44.5 Å². The molecule has 2 rings (SSSR count). The average Bonchev–Trinajstić information content (AvgIpc) is 2.79. The number of aliphatic hydroxyl groups is 5. The van der Waals surface area contributed by atoms with Gasteiger partial charge in [0.25, 0.3) is 0 Å². The van der Waals surface area contributed by atoms with E-state index in [0.29, 0.717) is 17.8 Å². The maximum atomic E-state index is 12.7. The largest absolute Gasteiger partial charge is 0.494 e. The molecule has 8 atom stereocenters. The van der Waals surface area contributed by atoms with Crippen molar-refractivity contribution in [3.8, 4) is 0 Å². The highest BCUT2D eigenvalue weighted by atomic mass is 16.6. The number of fused-ring (bicyclic) bond motifs is 2. The van der Waals surface area contributed by atoms with E-state index in [1.54, 1.807) is 26.8 Å². The Kier molecular flexibility index (Phi) is 10.5. The third-order valence-corrected chi connectivity index (χ3v) is 7.04. The Labute approximate surface area is 202 Å². The summed E-state index contributed by atoms with van der Waals surface area (Å²) in [6, 6.07) is 0. The maximum absolute atomic E-state index is 12.7. The zero-order valence-corrected chi connectivity index (χ0v) is 20.9. The standard InChI is InChI=1S/C25H42O9/c1-6-15(13-26)7-14(2)20-11-17(32-5)12-21(29)25(3,4)22-9-16(27)8-18(33-22)10-19(28)23(30)24(31)34-20/h7,9,15-21,23,26-30H,6,8,10-13H2,1-5H3/b14-7-/t15-,16-,17-,18-,19-,20+,21+,23+/m1/s1. The molecule has 0 spiro atoms. The van der Waals surface area contributed by atoms with E-state index < -0.39 is 54.1 Å². The first kappa shape index (κ1) is 28.7. The molecule has 2 aliphatic heterocycles. The van der Waals surface area contributed by atoms with Gasteiger partial charge in [-0.15, -0.1) is 0 Å². The van der Waals surface area contributed by atoms with Crippen LogP contribution in [0.1, 0.15) is 59.8 Å². The second-order valence-corrected chi connectivity index (χ2v) is 10.1. The van der Waals surface area contributed by atoms with Crippen molar-refractivity contribution in [3.05, 3.63) is 23.5 Å². The van der Waals surface area contributed by atoms with Gasteiger partial charge in [-0.3, -0.25) is 0 Å². The third-order valence-electron chi connectivity index (χ3n) is 7.04. The van der Waals surface area contributed by atoms with Gasteiger partial charge in [-0.2, -0.15) is 0 Å². The van der Waals surface area contributed by atoms with Gasteiger partial charge in [0.15, 0.2) is 6.10 Å². The fourth-order valence-electron chi connectivity index (χ4n) is 4.40. The van der Waals surface area contributed by atoms with Crippen molar-refractivity contribution in [1.82, 2.24) is 0 Å². The molecule has 196 valence electrons. The molecular formula is C25H42O9. The number of aliphatic hydroxyl groups excluding tert-OH is 5. The van der Waals surface area contributed by atoms with Crippen LogP contribution < -0.4 is 0 Å². The topological polar surface area (TPSA) is 146 Å². The first-order chi connectivity index (χ1) is 15.9. The smallest absolute Gasteiger partial charge is 0.338 e. The van der Waals surface area contributed by atoms with Crippen LogP contribution in [0.25, 0.3) is 0 Å². The minimum Gasteiger partial charge on any atom is -0.494 e. The molecule has 34 heavy (non-hydrogen) atoms. The molecule has 0 saturated carbocycles. The molecular weight excluding hydrogens is 444 g/mol. The lowest BCUT2D eigenvalue weighted by atomic mass is 9.79. The number of methoxy groups -OCH3 is 1. The second kappa shape index (κ2) is 12.5. The molecule has 0 aromatic carbocycles. The quantitative estimate of drug-likeness (QED) is 0.286. The van der Waals surface area contributed by atoms with Crippen LogP contribution in [0.5, 0.6) is 0 Å². The summed E-state index contributed by atoms with van der Waals surface area (Å²) in [5, 5.41) is 52.0. The summed E-state index contributed by atoms with van der Waals surface area (Å²) in [5.74, 6) is -0.716. The fraction of sp³-hybridized carbons (Fsp3) is 0.800. The van der Waals surface area contributed by atoms with Crippen molar-refractivity contribution in [3.63, 3.8) is 0 Å². The lowest BCUT2D eigenvalue weighted by molar-refractivity contribution is -0.167. The first-order valence-electron chi connectivity index (χ1n) is 12.1. The molecule has 9 nitrogen and oxygen atoms in total. The number of carbonyl (C=O) groups excluding carboxylic acids is 1. The maximum Gasteiger partial charge on any atom is 0.338 e. The van der Waals surface area contributed by atoms with E-state index in [0.717, 1.165) is 0 Å². The van der Waals surface area contributed by atoms with Crippen molar-refractivity contribution >= 4 is 5.97 Å². The van der Waals surface area contributed by atoms with E-state index in [9.17, 15) is 30.3 Å². The molecule has 1 fully saturated rings. The molecule has 0 aromatic rings. The summed E-state index contributed by atoms with van der Waals surface area (Å²) in [4.78, 5) is 12.7. The number of hydrogen-bond donors (Lipinski definition) is 5. The molecule has 2 aliphatic rings. The SMILES string of the molecule is CC[C@H](/C=C(/C)[C@@H]1C[C@@H](OC)C[C@H](O)C(C)(C)C2=C[C@H](O)C[C@H](C[C@@H](O)[C@H](O)C(=O)O1)O2)CO. The molecule has 5 N–H and O–H groups in total. The Hall–Kier alpha value is -1.49. The number of cyclic esters (lactones) is 1. The van der Waals surface area contributed by atoms with Gasteiger partial charge in [0.1, 0.15) is 18.0 Å². The van der Waals surface area contributed by atoms with Crippen LogP contribution in [0.3, 0.4) is 0 Å². The van der Waals surface area contributed by atoms with Crippen molar-refractivity contribution in [2.45, 2.75) is 103 Å². The normalized spacial score (nSPS) is 36.5. The van der Waals surface area contributed by atoms with Crippen LogP contribution in [0.15, 0.2) is 23.5 Å². The van der Waals surface area contributed by atoms with Gasteiger partial charge in [-0.1, -0.05) is 26.8 Å². The van der Waals surface area contributed by atoms with E-state index in [1.165, 1.54) is 7.11 Å². The summed E-state index contributed by atoms with van der Waals surface area (Å²) in [6.07, 6.45) is -2.41. The van der Waals surface area contributed by atoms with Gasteiger partial charge < -0.3 is 39.7 Å². The van der Waals surface area contributed by atoms with E-state index in [4.69, 9.17) is 14.2 Å². The van der Waals surface area contributed by atoms with Crippen LogP contribution in [0.2, 0.25) is 0 Å². The summed E-state index contributed by atoms with van der Waals surface area (Å²) in [5.41, 5.74) is -0.185. The molecule has 0 amide bonds. The average molecular weight is 487 g/mol. The zero-order valence-electron chi connectivity index (χ0n) is 20.9. The van der Waals surface area contributed by atoms with Gasteiger partial charge in [0.05, 0.1) is 24.4 Å². The first-order valence-corrected chi connectivity index (χ1v) is 12.1. The Morgan fingerprint density at radius 2 is 1.85 bits per heavy atom. The Balaban J connectivity index is 2.43. The predicted octanol–water partition coefficient (Wildman–Crippen LogP) is 1.20. The lowest BCUT2D eigenvalue weighted by Gasteiger charge is -2.40. The van der Waals surface area contributed by atoms with Gasteiger partial charge in [0.2, 0.25) is 0 Å². The molecule has 2 bridgehead atoms. The molecule has 0 unspecified atom stereocenters. The summed E-state index contributed by atoms with van der Waals surface area (Å²) >= 11 is 0. The molecule has 0 radical (unpaired) electrons. The predicted molar refractivity (Wildman–Crippen MR) is 125 cm³/mol. The van der Waals surface area contributed by atoms with Gasteiger partial charge in [-0.05, 0) is 25.0 Å². The highest BCUT2D eigenvalue weighted by molar-refractivity contribution is 5.75. The Morgan fingerprint density at radius 1 is 1.18 bits per heavy atom. The lowest BCUT2D eigenvalue weighted by Crippen LogP contribution is -2.44. The minimum absolute atomic E-state index is 0.0567. The van der Waals surface area contributed by atoms with Gasteiger partial charge in [-0.25, -0.2) is 4.79 Å². The van der Waals surface area contributed by atoms with Crippen molar-refractivity contribution in [1.29, 1.82) is 0 Å². The molecule has 1 saturated heterocycles. The van der Waals surface area contributed by atoms with Gasteiger partial charge in [0, 0.05) is 50.7 Å². The zero-order chi connectivity index (χ0) is 25.6. The van der Waals surface area contributed by atoms with Crippen LogP contribution in [0.4, 0.5) is 0 Å². The summed E-state index contributed by atoms with van der Waals surface area (Å²) in [6.45, 7) is 7.26. The fourth-order valence-corrected chi connectivity index (χ4v) is 4.40. The molecule has 2 heterocycles. The van der Waals surface area contributed by atoms with Crippen LogP contribution in [0, 0.1) is 11.3 Å². The number of hydrogen-bond acceptors (Lipinski definition) is 9. The highest BCUT2D eigenvalue weighted by Crippen LogP contribution is 2.39. The van der Waals surface area contributed by atoms with Gasteiger partial charge >= 0.3 is 5.97 Å². The van der Waals surface area contributed by atoms with Crippen molar-refractivity contribution in [2.75, 3.05) is 13.7 Å². The third kappa shape index (κ3) is 7.26. The highest BCUT2D eigenvalue weighted by Gasteiger charge is 2.41. The number of rotatable bonds is 5. The van der Waals surface area contributed by atoms with Crippen LogP contribution in [-0.4, -0.2) is 87.9 Å². The van der Waals surface area contributed by atoms with E-state index in [-0.39, 0.29) is 38.2 Å². The Bertz CT molecular complexity index is 728. The van der Waals surface area contributed by atoms with Crippen LogP contribution in [-0.2, 0) is 19.0 Å². The second-order valence-electron chi connectivity index (χ2n) is 10.1. The summed E-state index contributed by atoms with van der Waals surface area (Å²) in [7, 11) is 1.50. The molecule has 0 aliphatic carbocycles. The van der Waals surface area contributed by atoms with E-state index in [2.05, 4.69) is 0 Å². The molecule has 9 heteroatoms. The van der Waals surface area contributed by atoms with E-state index in [1.807, 2.05) is 13.0 Å². The van der Waals surface area contributed by atoms with Crippen LogP contribution >= 0.6 is 0 Å². The van der Waals surface area contributed by atoms with Crippen molar-refractivity contribution in [2.24, 2.45) is 11.3 Å². The molecule has 0 aromatic heterocycles. The summed E-state index contributed by atoms with van der Waals surface area (Å²) < 4.78 is 17.2. The number of esters is 1. The number of ether oxygens (including phenoxy) is 3. The minimum atomic E-state index is -1.80. The monoisotopic (exact) mass is 486 g/mol. The Morgan fingerprint density at radius 3 is 2.44 bits per heavy atom.